The summed E-state index contributed by atoms with van der Waals surface area (Å²) in [6.07, 6.45) is 6.88. The molecule has 0 fully saturated rings. The van der Waals surface area contributed by atoms with Gasteiger partial charge in [0.15, 0.2) is 0 Å². The maximum absolute atomic E-state index is 5.66. The van der Waals surface area contributed by atoms with Crippen LogP contribution in [0.15, 0.2) is 18.3 Å². The van der Waals surface area contributed by atoms with Gasteiger partial charge in [0, 0.05) is 12.2 Å². The van der Waals surface area contributed by atoms with Crippen molar-refractivity contribution in [2.45, 2.75) is 13.0 Å². The van der Waals surface area contributed by atoms with Crippen LogP contribution in [0.25, 0.3) is 0 Å². The largest absolute Gasteiger partial charge is 0.300 e. The summed E-state index contributed by atoms with van der Waals surface area (Å²) in [4.78, 5) is 3.98. The Balaban J connectivity index is 2.62. The van der Waals surface area contributed by atoms with E-state index >= 15 is 0 Å². The van der Waals surface area contributed by atoms with Gasteiger partial charge in [0.25, 0.3) is 0 Å². The number of aromatic nitrogens is 1. The SMILES string of the molecule is C#CCNC(C)c1ccc(Cl)nc1. The molecular formula is C10H11ClN2. The van der Waals surface area contributed by atoms with Gasteiger partial charge in [-0.3, -0.25) is 5.32 Å². The fraction of sp³-hybridized carbons (Fsp3) is 0.300. The molecule has 0 amide bonds. The summed E-state index contributed by atoms with van der Waals surface area (Å²) in [5.41, 5.74) is 1.08. The number of nitrogens with one attached hydrogen (secondary N) is 1. The van der Waals surface area contributed by atoms with Crippen molar-refractivity contribution in [1.82, 2.24) is 10.3 Å². The molecule has 0 spiro atoms. The Hall–Kier alpha value is -1.04. The lowest BCUT2D eigenvalue weighted by molar-refractivity contribution is 0.621. The van der Waals surface area contributed by atoms with E-state index in [4.69, 9.17) is 18.0 Å². The first-order valence-electron chi connectivity index (χ1n) is 4.02. The number of halogens is 1. The second-order valence-corrected chi connectivity index (χ2v) is 3.11. The summed E-state index contributed by atoms with van der Waals surface area (Å²) in [7, 11) is 0. The van der Waals surface area contributed by atoms with Gasteiger partial charge < -0.3 is 0 Å². The van der Waals surface area contributed by atoms with Gasteiger partial charge in [-0.2, -0.15) is 0 Å². The van der Waals surface area contributed by atoms with Gasteiger partial charge in [-0.25, -0.2) is 4.98 Å². The summed E-state index contributed by atoms with van der Waals surface area (Å²) in [6, 6.07) is 3.91. The lowest BCUT2D eigenvalue weighted by Crippen LogP contribution is -2.18. The topological polar surface area (TPSA) is 24.9 Å². The van der Waals surface area contributed by atoms with Crippen molar-refractivity contribution >= 4 is 11.6 Å². The Morgan fingerprint density at radius 2 is 2.46 bits per heavy atom. The molecule has 1 rings (SSSR count). The minimum atomic E-state index is 0.209. The maximum Gasteiger partial charge on any atom is 0.129 e. The molecule has 3 heteroatoms. The first-order valence-corrected chi connectivity index (χ1v) is 4.40. The van der Waals surface area contributed by atoms with Crippen LogP contribution in [0.5, 0.6) is 0 Å². The zero-order valence-corrected chi connectivity index (χ0v) is 8.17. The number of pyridine rings is 1. The second kappa shape index (κ2) is 4.86. The van der Waals surface area contributed by atoms with Crippen molar-refractivity contribution in [2.24, 2.45) is 0 Å². The summed E-state index contributed by atoms with van der Waals surface area (Å²) in [6.45, 7) is 2.59. The van der Waals surface area contributed by atoms with Crippen LogP contribution in [0.4, 0.5) is 0 Å². The smallest absolute Gasteiger partial charge is 0.129 e. The number of terminal acetylenes is 1. The minimum absolute atomic E-state index is 0.209. The highest BCUT2D eigenvalue weighted by atomic mass is 35.5. The molecule has 1 atom stereocenters. The predicted molar refractivity (Wildman–Crippen MR) is 54.5 cm³/mol. The number of nitrogens with zero attached hydrogens (tertiary/aromatic N) is 1. The van der Waals surface area contributed by atoms with Crippen LogP contribution in [0.2, 0.25) is 5.15 Å². The van der Waals surface area contributed by atoms with Crippen LogP contribution in [-0.4, -0.2) is 11.5 Å². The van der Waals surface area contributed by atoms with Crippen LogP contribution in [0, 0.1) is 12.3 Å². The van der Waals surface area contributed by atoms with Crippen LogP contribution >= 0.6 is 11.6 Å². The molecule has 0 saturated carbocycles. The van der Waals surface area contributed by atoms with Gasteiger partial charge in [-0.1, -0.05) is 23.6 Å². The molecule has 0 aliphatic carbocycles. The van der Waals surface area contributed by atoms with Crippen molar-refractivity contribution in [2.75, 3.05) is 6.54 Å². The second-order valence-electron chi connectivity index (χ2n) is 2.72. The van der Waals surface area contributed by atoms with E-state index in [1.807, 2.05) is 13.0 Å². The van der Waals surface area contributed by atoms with E-state index in [2.05, 4.69) is 16.2 Å². The molecule has 1 unspecified atom stereocenters. The van der Waals surface area contributed by atoms with Crippen molar-refractivity contribution in [3.63, 3.8) is 0 Å². The Morgan fingerprint density at radius 1 is 1.69 bits per heavy atom. The highest BCUT2D eigenvalue weighted by Crippen LogP contribution is 2.12. The third kappa shape index (κ3) is 3.06. The Kier molecular flexibility index (Phi) is 3.75. The van der Waals surface area contributed by atoms with Gasteiger partial charge in [0.05, 0.1) is 6.54 Å². The van der Waals surface area contributed by atoms with E-state index in [1.54, 1.807) is 12.3 Å². The van der Waals surface area contributed by atoms with Crippen LogP contribution < -0.4 is 5.32 Å². The fourth-order valence-corrected chi connectivity index (χ4v) is 1.09. The molecule has 0 bridgehead atoms. The van der Waals surface area contributed by atoms with Crippen LogP contribution in [0.3, 0.4) is 0 Å². The quantitative estimate of drug-likeness (QED) is 0.588. The van der Waals surface area contributed by atoms with E-state index in [0.717, 1.165) is 5.56 Å². The van der Waals surface area contributed by atoms with Gasteiger partial charge in [0.2, 0.25) is 0 Å². The molecule has 1 heterocycles. The van der Waals surface area contributed by atoms with E-state index in [0.29, 0.717) is 11.7 Å². The lowest BCUT2D eigenvalue weighted by Gasteiger charge is -2.11. The number of hydrogen-bond donors (Lipinski definition) is 1. The number of rotatable bonds is 3. The lowest BCUT2D eigenvalue weighted by atomic mass is 10.1. The van der Waals surface area contributed by atoms with E-state index < -0.39 is 0 Å². The van der Waals surface area contributed by atoms with Crippen molar-refractivity contribution in [1.29, 1.82) is 0 Å². The monoisotopic (exact) mass is 194 g/mol. The fourth-order valence-electron chi connectivity index (χ4n) is 0.973. The summed E-state index contributed by atoms with van der Waals surface area (Å²) >= 11 is 5.66. The maximum atomic E-state index is 5.66. The number of hydrogen-bond acceptors (Lipinski definition) is 2. The molecule has 0 aliphatic heterocycles. The molecule has 68 valence electrons. The Bertz CT molecular complexity index is 300. The minimum Gasteiger partial charge on any atom is -0.300 e. The van der Waals surface area contributed by atoms with Gasteiger partial charge in [-0.15, -0.1) is 6.42 Å². The molecule has 13 heavy (non-hydrogen) atoms. The first-order chi connectivity index (χ1) is 6.24. The average Bonchev–Trinajstić information content (AvgIpc) is 2.15. The summed E-state index contributed by atoms with van der Waals surface area (Å²) in [5.74, 6) is 2.52. The standard InChI is InChI=1S/C10H11ClN2/c1-3-6-12-8(2)9-4-5-10(11)13-7-9/h1,4-5,7-8,12H,6H2,2H3. The molecule has 0 aromatic carbocycles. The first kappa shape index (κ1) is 10.0. The van der Waals surface area contributed by atoms with E-state index in [1.165, 1.54) is 0 Å². The summed E-state index contributed by atoms with van der Waals surface area (Å²) < 4.78 is 0. The highest BCUT2D eigenvalue weighted by molar-refractivity contribution is 6.29. The highest BCUT2D eigenvalue weighted by Gasteiger charge is 2.03. The molecule has 2 nitrogen and oxygen atoms in total. The summed E-state index contributed by atoms with van der Waals surface area (Å²) in [5, 5.41) is 3.66. The normalized spacial score (nSPS) is 12.1. The molecule has 0 saturated heterocycles. The third-order valence-electron chi connectivity index (χ3n) is 1.76. The van der Waals surface area contributed by atoms with Crippen LogP contribution in [-0.2, 0) is 0 Å². The average molecular weight is 195 g/mol. The third-order valence-corrected chi connectivity index (χ3v) is 1.98. The molecular weight excluding hydrogens is 184 g/mol. The van der Waals surface area contributed by atoms with Crippen molar-refractivity contribution in [3.8, 4) is 12.3 Å². The van der Waals surface area contributed by atoms with Crippen LogP contribution in [0.1, 0.15) is 18.5 Å². The van der Waals surface area contributed by atoms with Crippen molar-refractivity contribution in [3.05, 3.63) is 29.0 Å². The van der Waals surface area contributed by atoms with Gasteiger partial charge in [0.1, 0.15) is 5.15 Å². The zero-order valence-electron chi connectivity index (χ0n) is 7.42. The molecule has 0 radical (unpaired) electrons. The Labute approximate surface area is 83.3 Å². The molecule has 0 aliphatic rings. The zero-order chi connectivity index (χ0) is 9.68. The molecule has 1 N–H and O–H groups in total. The van der Waals surface area contributed by atoms with E-state index in [9.17, 15) is 0 Å². The molecule has 1 aromatic rings. The van der Waals surface area contributed by atoms with E-state index in [-0.39, 0.29) is 6.04 Å². The Morgan fingerprint density at radius 3 is 3.00 bits per heavy atom. The predicted octanol–water partition coefficient (Wildman–Crippen LogP) is 2.02. The molecule has 1 aromatic heterocycles. The van der Waals surface area contributed by atoms with Gasteiger partial charge in [-0.05, 0) is 18.6 Å². The van der Waals surface area contributed by atoms with Crippen molar-refractivity contribution < 1.29 is 0 Å². The van der Waals surface area contributed by atoms with Gasteiger partial charge >= 0.3 is 0 Å².